The second-order valence-corrected chi connectivity index (χ2v) is 7.07. The molecule has 0 radical (unpaired) electrons. The molecule has 142 valence electrons. The van der Waals surface area contributed by atoms with Crippen LogP contribution in [0.1, 0.15) is 40.6 Å². The van der Waals surface area contributed by atoms with Gasteiger partial charge in [-0.1, -0.05) is 0 Å². The van der Waals surface area contributed by atoms with Crippen LogP contribution in [0.4, 0.5) is 5.69 Å². The molecule has 0 saturated carbocycles. The Labute approximate surface area is 162 Å². The first-order valence-electron chi connectivity index (χ1n) is 8.89. The average molecular weight is 385 g/mol. The fourth-order valence-corrected chi connectivity index (χ4v) is 4.19. The van der Waals surface area contributed by atoms with Crippen molar-refractivity contribution in [2.24, 2.45) is 0 Å². The van der Waals surface area contributed by atoms with Crippen molar-refractivity contribution in [3.05, 3.63) is 40.2 Å². The molecular formula is C20H23N3O3S. The van der Waals surface area contributed by atoms with Gasteiger partial charge in [0, 0.05) is 17.1 Å². The lowest BCUT2D eigenvalue weighted by Gasteiger charge is -2.13. The van der Waals surface area contributed by atoms with E-state index < -0.39 is 0 Å². The van der Waals surface area contributed by atoms with Crippen molar-refractivity contribution in [1.82, 2.24) is 9.97 Å². The van der Waals surface area contributed by atoms with Gasteiger partial charge in [0.1, 0.15) is 22.2 Å². The molecule has 1 aromatic carbocycles. The summed E-state index contributed by atoms with van der Waals surface area (Å²) in [6.07, 6.45) is 0. The highest BCUT2D eigenvalue weighted by atomic mass is 32.1. The van der Waals surface area contributed by atoms with Crippen LogP contribution in [0.5, 0.6) is 11.5 Å². The third-order valence-electron chi connectivity index (χ3n) is 4.10. The summed E-state index contributed by atoms with van der Waals surface area (Å²) in [5.74, 6) is 1.81. The van der Waals surface area contributed by atoms with E-state index in [0.717, 1.165) is 21.5 Å². The molecule has 7 heteroatoms. The molecular weight excluding hydrogens is 362 g/mol. The first-order valence-corrected chi connectivity index (χ1v) is 9.71. The molecule has 3 rings (SSSR count). The summed E-state index contributed by atoms with van der Waals surface area (Å²) >= 11 is 1.38. The molecule has 0 saturated heterocycles. The van der Waals surface area contributed by atoms with Crippen molar-refractivity contribution in [3.8, 4) is 11.5 Å². The zero-order valence-electron chi connectivity index (χ0n) is 16.2. The van der Waals surface area contributed by atoms with Gasteiger partial charge in [-0.15, -0.1) is 11.3 Å². The van der Waals surface area contributed by atoms with E-state index in [1.54, 1.807) is 12.1 Å². The van der Waals surface area contributed by atoms with E-state index in [1.807, 2.05) is 40.7 Å². The van der Waals surface area contributed by atoms with E-state index in [4.69, 9.17) is 9.47 Å². The monoisotopic (exact) mass is 385 g/mol. The Morgan fingerprint density at radius 3 is 2.56 bits per heavy atom. The molecule has 0 aliphatic rings. The summed E-state index contributed by atoms with van der Waals surface area (Å²) in [5.41, 5.74) is 2.37. The van der Waals surface area contributed by atoms with Crippen molar-refractivity contribution in [2.45, 2.75) is 34.6 Å². The predicted octanol–water partition coefficient (Wildman–Crippen LogP) is 4.67. The van der Waals surface area contributed by atoms with Gasteiger partial charge in [0.2, 0.25) is 0 Å². The molecule has 0 fully saturated rings. The van der Waals surface area contributed by atoms with Gasteiger partial charge in [-0.05, 0) is 52.3 Å². The maximum atomic E-state index is 13.0. The number of carbonyl (C=O) groups excluding carboxylic acids is 1. The highest BCUT2D eigenvalue weighted by Crippen LogP contribution is 2.34. The summed E-state index contributed by atoms with van der Waals surface area (Å²) in [5, 5.41) is 3.91. The predicted molar refractivity (Wildman–Crippen MR) is 108 cm³/mol. The molecule has 0 aliphatic carbocycles. The van der Waals surface area contributed by atoms with Gasteiger partial charge in [0.25, 0.3) is 5.91 Å². The number of ether oxygens (including phenoxy) is 2. The number of benzene rings is 1. The summed E-state index contributed by atoms with van der Waals surface area (Å²) in [4.78, 5) is 23.3. The second kappa shape index (κ2) is 7.92. The Morgan fingerprint density at radius 2 is 1.85 bits per heavy atom. The summed E-state index contributed by atoms with van der Waals surface area (Å²) in [6.45, 7) is 10.6. The number of nitrogens with zero attached hydrogens (tertiary/aromatic N) is 2. The zero-order valence-corrected chi connectivity index (χ0v) is 17.0. The van der Waals surface area contributed by atoms with Gasteiger partial charge in [0.15, 0.2) is 0 Å². The largest absolute Gasteiger partial charge is 0.494 e. The number of hydrogen-bond acceptors (Lipinski definition) is 6. The lowest BCUT2D eigenvalue weighted by atomic mass is 10.1. The molecule has 0 spiro atoms. The van der Waals surface area contributed by atoms with E-state index in [9.17, 15) is 4.79 Å². The van der Waals surface area contributed by atoms with Crippen LogP contribution < -0.4 is 14.8 Å². The van der Waals surface area contributed by atoms with Gasteiger partial charge >= 0.3 is 0 Å². The minimum atomic E-state index is -0.192. The van der Waals surface area contributed by atoms with Crippen molar-refractivity contribution in [1.29, 1.82) is 0 Å². The topological polar surface area (TPSA) is 73.3 Å². The molecule has 2 aromatic heterocycles. The highest BCUT2D eigenvalue weighted by Gasteiger charge is 2.20. The minimum Gasteiger partial charge on any atom is -0.494 e. The quantitative estimate of drug-likeness (QED) is 0.668. The SMILES string of the molecule is CCOc1ccc(OCC)c(NC(=O)c2sc3nc(C)nc(C)c3c2C)c1. The molecule has 6 nitrogen and oxygen atoms in total. The molecule has 0 unspecified atom stereocenters. The molecule has 2 heterocycles. The Balaban J connectivity index is 1.98. The van der Waals surface area contributed by atoms with Gasteiger partial charge in [-0.2, -0.15) is 0 Å². The maximum absolute atomic E-state index is 13.0. The number of fused-ring (bicyclic) bond motifs is 1. The molecule has 3 aromatic rings. The van der Waals surface area contributed by atoms with Gasteiger partial charge in [-0.25, -0.2) is 9.97 Å². The van der Waals surface area contributed by atoms with Crippen LogP contribution in [-0.2, 0) is 0 Å². The van der Waals surface area contributed by atoms with Crippen LogP contribution in [-0.4, -0.2) is 29.1 Å². The van der Waals surface area contributed by atoms with Crippen molar-refractivity contribution >= 4 is 33.1 Å². The Hall–Kier alpha value is -2.67. The molecule has 0 atom stereocenters. The van der Waals surface area contributed by atoms with Crippen molar-refractivity contribution < 1.29 is 14.3 Å². The highest BCUT2D eigenvalue weighted by molar-refractivity contribution is 7.20. The van der Waals surface area contributed by atoms with Crippen LogP contribution in [0.2, 0.25) is 0 Å². The van der Waals surface area contributed by atoms with E-state index in [-0.39, 0.29) is 5.91 Å². The molecule has 1 N–H and O–H groups in total. The van der Waals surface area contributed by atoms with Crippen LogP contribution in [0, 0.1) is 20.8 Å². The van der Waals surface area contributed by atoms with Crippen molar-refractivity contribution in [3.63, 3.8) is 0 Å². The maximum Gasteiger partial charge on any atom is 0.266 e. The second-order valence-electron chi connectivity index (χ2n) is 6.07. The lowest BCUT2D eigenvalue weighted by Crippen LogP contribution is -2.13. The van der Waals surface area contributed by atoms with Gasteiger partial charge < -0.3 is 14.8 Å². The van der Waals surface area contributed by atoms with Crippen LogP contribution >= 0.6 is 11.3 Å². The van der Waals surface area contributed by atoms with Crippen LogP contribution in [0.3, 0.4) is 0 Å². The molecule has 0 aliphatic heterocycles. The third kappa shape index (κ3) is 3.88. The first-order chi connectivity index (χ1) is 12.9. The zero-order chi connectivity index (χ0) is 19.6. The lowest BCUT2D eigenvalue weighted by molar-refractivity contribution is 0.102. The number of aryl methyl sites for hydroxylation is 3. The van der Waals surface area contributed by atoms with E-state index in [0.29, 0.717) is 41.1 Å². The fourth-order valence-electron chi connectivity index (χ4n) is 3.01. The minimum absolute atomic E-state index is 0.192. The number of anilines is 1. The number of nitrogens with one attached hydrogen (secondary N) is 1. The van der Waals surface area contributed by atoms with E-state index >= 15 is 0 Å². The van der Waals surface area contributed by atoms with Crippen LogP contribution in [0.15, 0.2) is 18.2 Å². The fraction of sp³-hybridized carbons (Fsp3) is 0.350. The Kier molecular flexibility index (Phi) is 5.60. The van der Waals surface area contributed by atoms with Gasteiger partial charge in [-0.3, -0.25) is 4.79 Å². The number of hydrogen-bond donors (Lipinski definition) is 1. The summed E-state index contributed by atoms with van der Waals surface area (Å²) in [6, 6.07) is 5.42. The standard InChI is InChI=1S/C20H23N3O3S/c1-6-25-14-8-9-16(26-7-2)15(10-14)23-19(24)18-11(3)17-12(4)21-13(5)22-20(17)27-18/h8-10H,6-7H2,1-5H3,(H,23,24). The number of carbonyl (C=O) groups is 1. The number of aromatic nitrogens is 2. The number of rotatable bonds is 6. The molecule has 0 bridgehead atoms. The van der Waals surface area contributed by atoms with E-state index in [2.05, 4.69) is 15.3 Å². The smallest absolute Gasteiger partial charge is 0.266 e. The third-order valence-corrected chi connectivity index (χ3v) is 5.28. The van der Waals surface area contributed by atoms with Crippen molar-refractivity contribution in [2.75, 3.05) is 18.5 Å². The summed E-state index contributed by atoms with van der Waals surface area (Å²) < 4.78 is 11.2. The van der Waals surface area contributed by atoms with E-state index in [1.165, 1.54) is 11.3 Å². The van der Waals surface area contributed by atoms with Crippen LogP contribution in [0.25, 0.3) is 10.2 Å². The number of amides is 1. The first kappa shape index (κ1) is 19.1. The Morgan fingerprint density at radius 1 is 1.11 bits per heavy atom. The molecule has 27 heavy (non-hydrogen) atoms. The average Bonchev–Trinajstić information content (AvgIpc) is 2.94. The summed E-state index contributed by atoms with van der Waals surface area (Å²) in [7, 11) is 0. The Bertz CT molecular complexity index is 998. The number of thiophene rings is 1. The normalized spacial score (nSPS) is 10.9. The molecule has 1 amide bonds. The van der Waals surface area contributed by atoms with Gasteiger partial charge in [0.05, 0.1) is 23.8 Å².